The molecule has 0 amide bonds. The molecular formula is C16H17ClN2O2. The second-order valence-electron chi connectivity index (χ2n) is 4.97. The van der Waals surface area contributed by atoms with Gasteiger partial charge < -0.3 is 10.0 Å². The minimum absolute atomic E-state index is 0.0188. The highest BCUT2D eigenvalue weighted by Crippen LogP contribution is 2.27. The Labute approximate surface area is 129 Å². The number of hydrogen-bond donors (Lipinski definition) is 1. The van der Waals surface area contributed by atoms with E-state index in [1.165, 1.54) is 0 Å². The van der Waals surface area contributed by atoms with Crippen LogP contribution < -0.4 is 4.90 Å². The van der Waals surface area contributed by atoms with Crippen LogP contribution in [0.15, 0.2) is 36.4 Å². The summed E-state index contributed by atoms with van der Waals surface area (Å²) in [7, 11) is 1.84. The molecule has 0 aliphatic carbocycles. The van der Waals surface area contributed by atoms with Crippen LogP contribution in [0.3, 0.4) is 0 Å². The van der Waals surface area contributed by atoms with Gasteiger partial charge in [0.25, 0.3) is 0 Å². The number of aromatic carboxylic acids is 1. The van der Waals surface area contributed by atoms with Crippen molar-refractivity contribution in [1.82, 2.24) is 4.98 Å². The number of carboxylic acid groups (broad SMARTS) is 1. The zero-order chi connectivity index (χ0) is 15.6. The van der Waals surface area contributed by atoms with Crippen LogP contribution in [-0.4, -0.2) is 23.1 Å². The van der Waals surface area contributed by atoms with Gasteiger partial charge in [-0.3, -0.25) is 0 Å². The van der Waals surface area contributed by atoms with E-state index in [1.54, 1.807) is 12.1 Å². The van der Waals surface area contributed by atoms with Crippen LogP contribution in [0.2, 0.25) is 5.02 Å². The van der Waals surface area contributed by atoms with E-state index in [2.05, 4.69) is 4.98 Å². The SMILES string of the molecule is Cc1ccc(C(=O)O)c(N(C)C(C)c2ccc(Cl)cc2)n1. The molecule has 0 saturated heterocycles. The van der Waals surface area contributed by atoms with E-state index in [0.29, 0.717) is 10.8 Å². The molecule has 1 atom stereocenters. The third-order valence-electron chi connectivity index (χ3n) is 3.51. The fourth-order valence-corrected chi connectivity index (χ4v) is 2.25. The van der Waals surface area contributed by atoms with E-state index in [9.17, 15) is 9.90 Å². The lowest BCUT2D eigenvalue weighted by molar-refractivity contribution is 0.0697. The molecule has 0 radical (unpaired) electrons. The standard InChI is InChI=1S/C16H17ClN2O2/c1-10-4-9-14(16(20)21)15(18-10)19(3)11(2)12-5-7-13(17)8-6-12/h4-9,11H,1-3H3,(H,20,21). The predicted molar refractivity (Wildman–Crippen MR) is 84.2 cm³/mol. The second-order valence-corrected chi connectivity index (χ2v) is 5.40. The smallest absolute Gasteiger partial charge is 0.339 e. The number of hydrogen-bond acceptors (Lipinski definition) is 3. The van der Waals surface area contributed by atoms with Gasteiger partial charge in [0.05, 0.1) is 6.04 Å². The molecule has 2 aromatic rings. The maximum absolute atomic E-state index is 11.4. The molecule has 1 unspecified atom stereocenters. The number of aromatic nitrogens is 1. The summed E-state index contributed by atoms with van der Waals surface area (Å²) in [6, 6.07) is 10.8. The summed E-state index contributed by atoms with van der Waals surface area (Å²) < 4.78 is 0. The van der Waals surface area contributed by atoms with Gasteiger partial charge in [0, 0.05) is 17.8 Å². The molecule has 0 spiro atoms. The van der Waals surface area contributed by atoms with Crippen LogP contribution in [0.1, 0.15) is 34.6 Å². The van der Waals surface area contributed by atoms with Gasteiger partial charge in [-0.1, -0.05) is 23.7 Å². The van der Waals surface area contributed by atoms with Crippen molar-refractivity contribution in [3.63, 3.8) is 0 Å². The molecule has 1 aromatic carbocycles. The molecule has 1 aromatic heterocycles. The second kappa shape index (κ2) is 6.14. The zero-order valence-electron chi connectivity index (χ0n) is 12.2. The number of rotatable bonds is 4. The minimum Gasteiger partial charge on any atom is -0.478 e. The lowest BCUT2D eigenvalue weighted by atomic mass is 10.1. The molecular weight excluding hydrogens is 288 g/mol. The van der Waals surface area contributed by atoms with Crippen LogP contribution in [0.5, 0.6) is 0 Å². The van der Waals surface area contributed by atoms with E-state index in [1.807, 2.05) is 50.1 Å². The Bertz CT molecular complexity index is 656. The van der Waals surface area contributed by atoms with Gasteiger partial charge >= 0.3 is 5.97 Å². The Morgan fingerprint density at radius 3 is 2.43 bits per heavy atom. The molecule has 5 heteroatoms. The maximum atomic E-state index is 11.4. The lowest BCUT2D eigenvalue weighted by Crippen LogP contribution is -2.25. The third-order valence-corrected chi connectivity index (χ3v) is 3.76. The van der Waals surface area contributed by atoms with Gasteiger partial charge in [-0.15, -0.1) is 0 Å². The largest absolute Gasteiger partial charge is 0.478 e. The molecule has 0 aliphatic heterocycles. The first kappa shape index (κ1) is 15.3. The average molecular weight is 305 g/mol. The first-order valence-electron chi connectivity index (χ1n) is 6.59. The Morgan fingerprint density at radius 1 is 1.24 bits per heavy atom. The normalized spacial score (nSPS) is 12.0. The van der Waals surface area contributed by atoms with Crippen molar-refractivity contribution in [2.24, 2.45) is 0 Å². The number of carbonyl (C=O) groups is 1. The number of halogens is 1. The van der Waals surface area contributed by atoms with Crippen molar-refractivity contribution in [2.45, 2.75) is 19.9 Å². The highest BCUT2D eigenvalue weighted by atomic mass is 35.5. The van der Waals surface area contributed by atoms with E-state index in [4.69, 9.17) is 11.6 Å². The number of anilines is 1. The number of carboxylic acids is 1. The number of aryl methyl sites for hydroxylation is 1. The van der Waals surface area contributed by atoms with E-state index < -0.39 is 5.97 Å². The Balaban J connectivity index is 2.39. The topological polar surface area (TPSA) is 53.4 Å². The maximum Gasteiger partial charge on any atom is 0.339 e. The molecule has 0 aliphatic rings. The molecule has 1 heterocycles. The first-order chi connectivity index (χ1) is 9.90. The van der Waals surface area contributed by atoms with Crippen LogP contribution in [0.25, 0.3) is 0 Å². The highest BCUT2D eigenvalue weighted by Gasteiger charge is 2.20. The van der Waals surface area contributed by atoms with Gasteiger partial charge in [-0.2, -0.15) is 0 Å². The lowest BCUT2D eigenvalue weighted by Gasteiger charge is -2.27. The molecule has 0 bridgehead atoms. The zero-order valence-corrected chi connectivity index (χ0v) is 12.9. The Morgan fingerprint density at radius 2 is 1.86 bits per heavy atom. The van der Waals surface area contributed by atoms with Crippen molar-refractivity contribution in [2.75, 3.05) is 11.9 Å². The summed E-state index contributed by atoms with van der Waals surface area (Å²) in [6.45, 7) is 3.84. The predicted octanol–water partition coefficient (Wildman–Crippen LogP) is 3.94. The van der Waals surface area contributed by atoms with Crippen molar-refractivity contribution in [1.29, 1.82) is 0 Å². The van der Waals surface area contributed by atoms with Gasteiger partial charge in [-0.25, -0.2) is 9.78 Å². The third kappa shape index (κ3) is 3.34. The van der Waals surface area contributed by atoms with Crippen molar-refractivity contribution < 1.29 is 9.90 Å². The van der Waals surface area contributed by atoms with E-state index >= 15 is 0 Å². The summed E-state index contributed by atoms with van der Waals surface area (Å²) in [4.78, 5) is 17.6. The van der Waals surface area contributed by atoms with Crippen LogP contribution >= 0.6 is 11.6 Å². The molecule has 0 saturated carbocycles. The van der Waals surface area contributed by atoms with Gasteiger partial charge in [0.15, 0.2) is 0 Å². The molecule has 1 N–H and O–H groups in total. The highest BCUT2D eigenvalue weighted by molar-refractivity contribution is 6.30. The van der Waals surface area contributed by atoms with Crippen molar-refractivity contribution in [3.8, 4) is 0 Å². The van der Waals surface area contributed by atoms with Gasteiger partial charge in [0.2, 0.25) is 0 Å². The fourth-order valence-electron chi connectivity index (χ4n) is 2.13. The monoisotopic (exact) mass is 304 g/mol. The number of pyridine rings is 1. The summed E-state index contributed by atoms with van der Waals surface area (Å²) in [5.41, 5.74) is 2.02. The Hall–Kier alpha value is -2.07. The average Bonchev–Trinajstić information content (AvgIpc) is 2.46. The van der Waals surface area contributed by atoms with E-state index in [-0.39, 0.29) is 11.6 Å². The summed E-state index contributed by atoms with van der Waals surface area (Å²) in [6.07, 6.45) is 0. The first-order valence-corrected chi connectivity index (χ1v) is 6.97. The van der Waals surface area contributed by atoms with Crippen molar-refractivity contribution in [3.05, 3.63) is 58.2 Å². The Kier molecular flexibility index (Phi) is 4.48. The molecule has 4 nitrogen and oxygen atoms in total. The fraction of sp³-hybridized carbons (Fsp3) is 0.250. The summed E-state index contributed by atoms with van der Waals surface area (Å²) >= 11 is 5.90. The molecule has 0 fully saturated rings. The van der Waals surface area contributed by atoms with Crippen LogP contribution in [0, 0.1) is 6.92 Å². The summed E-state index contributed by atoms with van der Waals surface area (Å²) in [5.74, 6) is -0.516. The van der Waals surface area contributed by atoms with E-state index in [0.717, 1.165) is 11.3 Å². The van der Waals surface area contributed by atoms with Crippen LogP contribution in [0.4, 0.5) is 5.82 Å². The minimum atomic E-state index is -0.979. The molecule has 110 valence electrons. The number of benzene rings is 1. The summed E-state index contributed by atoms with van der Waals surface area (Å²) in [5, 5.41) is 9.98. The van der Waals surface area contributed by atoms with Gasteiger partial charge in [-0.05, 0) is 43.7 Å². The van der Waals surface area contributed by atoms with Gasteiger partial charge in [0.1, 0.15) is 11.4 Å². The molecule has 21 heavy (non-hydrogen) atoms. The quantitative estimate of drug-likeness (QED) is 0.929. The number of nitrogens with zero attached hydrogens (tertiary/aromatic N) is 2. The van der Waals surface area contributed by atoms with Crippen molar-refractivity contribution >= 4 is 23.4 Å². The van der Waals surface area contributed by atoms with Crippen LogP contribution in [-0.2, 0) is 0 Å². The molecule has 2 rings (SSSR count).